The zero-order chi connectivity index (χ0) is 12.4. The quantitative estimate of drug-likeness (QED) is 0.892. The molecule has 0 spiro atoms. The third-order valence-corrected chi connectivity index (χ3v) is 2.76. The number of H-pyrrole nitrogens is 1. The molecule has 0 aliphatic heterocycles. The molecule has 5 heteroatoms. The fourth-order valence-corrected chi connectivity index (χ4v) is 1.80. The first kappa shape index (κ1) is 11.8. The van der Waals surface area contributed by atoms with Crippen LogP contribution in [0.15, 0.2) is 29.1 Å². The molecule has 0 saturated carbocycles. The summed E-state index contributed by atoms with van der Waals surface area (Å²) in [5, 5.41) is 6.50. The molecule has 0 saturated heterocycles. The number of hydrogen-bond acceptors (Lipinski definition) is 2. The Morgan fingerprint density at radius 3 is 2.82 bits per heavy atom. The number of hydrogen-bond donors (Lipinski definition) is 1. The molecule has 3 nitrogen and oxygen atoms in total. The molecule has 2 rings (SSSR count). The Labute approximate surface area is 102 Å². The Hall–Kier alpha value is -1.68. The summed E-state index contributed by atoms with van der Waals surface area (Å²) in [7, 11) is 0. The second-order valence-corrected chi connectivity index (χ2v) is 4.18. The molecule has 1 aromatic carbocycles. The number of rotatable bonds is 2. The summed E-state index contributed by atoms with van der Waals surface area (Å²) in [4.78, 5) is 11.5. The van der Waals surface area contributed by atoms with E-state index in [1.165, 1.54) is 12.1 Å². The number of nitrogens with zero attached hydrogens (tertiary/aromatic N) is 1. The van der Waals surface area contributed by atoms with E-state index in [0.29, 0.717) is 22.6 Å². The van der Waals surface area contributed by atoms with Gasteiger partial charge in [0.1, 0.15) is 5.82 Å². The van der Waals surface area contributed by atoms with Crippen LogP contribution in [-0.2, 0) is 6.42 Å². The minimum Gasteiger partial charge on any atom is -0.268 e. The van der Waals surface area contributed by atoms with Crippen molar-refractivity contribution in [3.63, 3.8) is 0 Å². The van der Waals surface area contributed by atoms with Gasteiger partial charge in [0.25, 0.3) is 5.56 Å². The van der Waals surface area contributed by atoms with Crippen LogP contribution in [0.2, 0.25) is 5.02 Å². The molecule has 1 aromatic heterocycles. The van der Waals surface area contributed by atoms with Gasteiger partial charge < -0.3 is 0 Å². The number of benzene rings is 1. The fourth-order valence-electron chi connectivity index (χ4n) is 1.56. The van der Waals surface area contributed by atoms with E-state index in [9.17, 15) is 9.18 Å². The van der Waals surface area contributed by atoms with Crippen molar-refractivity contribution in [1.29, 1.82) is 0 Å². The maximum atomic E-state index is 12.9. The van der Waals surface area contributed by atoms with Crippen LogP contribution < -0.4 is 5.56 Å². The van der Waals surface area contributed by atoms with Crippen molar-refractivity contribution in [1.82, 2.24) is 10.2 Å². The smallest absolute Gasteiger partial charge is 0.267 e. The number of nitrogens with one attached hydrogen (secondary N) is 1. The highest BCUT2D eigenvalue weighted by atomic mass is 35.5. The summed E-state index contributed by atoms with van der Waals surface area (Å²) in [6, 6.07) is 5.83. The lowest BCUT2D eigenvalue weighted by Crippen LogP contribution is -2.15. The molecule has 88 valence electrons. The van der Waals surface area contributed by atoms with E-state index in [2.05, 4.69) is 10.2 Å². The topological polar surface area (TPSA) is 45.8 Å². The normalized spacial score (nSPS) is 10.5. The second-order valence-electron chi connectivity index (χ2n) is 3.78. The van der Waals surface area contributed by atoms with E-state index < -0.39 is 5.82 Å². The highest BCUT2D eigenvalue weighted by molar-refractivity contribution is 6.31. The van der Waals surface area contributed by atoms with Gasteiger partial charge in [-0.3, -0.25) is 4.79 Å². The molecule has 2 aromatic rings. The van der Waals surface area contributed by atoms with Crippen molar-refractivity contribution >= 4 is 11.6 Å². The van der Waals surface area contributed by atoms with Crippen molar-refractivity contribution in [2.24, 2.45) is 0 Å². The third kappa shape index (κ3) is 2.71. The molecular weight excluding hydrogens is 243 g/mol. The third-order valence-electron chi connectivity index (χ3n) is 2.40. The van der Waals surface area contributed by atoms with Crippen molar-refractivity contribution in [3.05, 3.63) is 62.3 Å². The van der Waals surface area contributed by atoms with Crippen molar-refractivity contribution in [2.45, 2.75) is 13.3 Å². The Morgan fingerprint density at radius 2 is 2.12 bits per heavy atom. The van der Waals surface area contributed by atoms with Gasteiger partial charge in [-0.2, -0.15) is 5.10 Å². The zero-order valence-electron chi connectivity index (χ0n) is 9.13. The second kappa shape index (κ2) is 4.67. The summed E-state index contributed by atoms with van der Waals surface area (Å²) < 4.78 is 12.9. The monoisotopic (exact) mass is 252 g/mol. The predicted octanol–water partition coefficient (Wildman–Crippen LogP) is 2.46. The van der Waals surface area contributed by atoms with E-state index in [4.69, 9.17) is 11.6 Å². The Kier molecular flexibility index (Phi) is 3.24. The summed E-state index contributed by atoms with van der Waals surface area (Å²) >= 11 is 5.90. The van der Waals surface area contributed by atoms with Crippen molar-refractivity contribution < 1.29 is 4.39 Å². The maximum absolute atomic E-state index is 12.9. The molecular formula is C12H10ClFN2O. The van der Waals surface area contributed by atoms with Crippen LogP contribution in [0.25, 0.3) is 0 Å². The number of halogens is 2. The van der Waals surface area contributed by atoms with Crippen LogP contribution in [0.1, 0.15) is 16.8 Å². The van der Waals surface area contributed by atoms with E-state index in [-0.39, 0.29) is 5.56 Å². The van der Waals surface area contributed by atoms with Gasteiger partial charge in [-0.15, -0.1) is 0 Å². The van der Waals surface area contributed by atoms with Crippen LogP contribution >= 0.6 is 11.6 Å². The van der Waals surface area contributed by atoms with E-state index in [1.807, 2.05) is 0 Å². The van der Waals surface area contributed by atoms with Crippen LogP contribution in [0, 0.1) is 12.7 Å². The van der Waals surface area contributed by atoms with Gasteiger partial charge in [-0.25, -0.2) is 9.49 Å². The average Bonchev–Trinajstić information content (AvgIpc) is 2.27. The number of aryl methyl sites for hydroxylation is 1. The Balaban J connectivity index is 2.38. The number of aromatic nitrogens is 2. The van der Waals surface area contributed by atoms with Crippen molar-refractivity contribution in [3.8, 4) is 0 Å². The first-order valence-corrected chi connectivity index (χ1v) is 5.43. The lowest BCUT2D eigenvalue weighted by atomic mass is 10.1. The fraction of sp³-hybridized carbons (Fsp3) is 0.167. The van der Waals surface area contributed by atoms with Crippen LogP contribution in [0.3, 0.4) is 0 Å². The molecule has 17 heavy (non-hydrogen) atoms. The minimum absolute atomic E-state index is 0.254. The molecule has 1 heterocycles. The van der Waals surface area contributed by atoms with Gasteiger partial charge in [0.15, 0.2) is 0 Å². The molecule has 1 N–H and O–H groups in total. The maximum Gasteiger partial charge on any atom is 0.267 e. The zero-order valence-corrected chi connectivity index (χ0v) is 9.88. The highest BCUT2D eigenvalue weighted by Gasteiger charge is 2.07. The molecule has 0 bridgehead atoms. The summed E-state index contributed by atoms with van der Waals surface area (Å²) in [5.74, 6) is -0.390. The van der Waals surface area contributed by atoms with Gasteiger partial charge in [0, 0.05) is 17.0 Å². The number of aromatic amines is 1. The largest absolute Gasteiger partial charge is 0.268 e. The molecule has 0 aliphatic rings. The first-order valence-electron chi connectivity index (χ1n) is 5.05. The van der Waals surface area contributed by atoms with Crippen LogP contribution in [-0.4, -0.2) is 10.2 Å². The molecule has 0 amide bonds. The van der Waals surface area contributed by atoms with Gasteiger partial charge >= 0.3 is 0 Å². The summed E-state index contributed by atoms with van der Waals surface area (Å²) in [5.41, 5.74) is 1.74. The Bertz CT molecular complexity index is 610. The van der Waals surface area contributed by atoms with E-state index in [1.54, 1.807) is 19.1 Å². The van der Waals surface area contributed by atoms with Gasteiger partial charge in [-0.05, 0) is 30.7 Å². The standard InChI is InChI=1S/C12H10ClFN2O/c1-7-4-9(12(17)16-15-7)5-8-2-3-10(14)6-11(8)13/h2-4,6H,5H2,1H3,(H,16,17). The summed E-state index contributed by atoms with van der Waals surface area (Å²) in [6.07, 6.45) is 0.359. The SMILES string of the molecule is Cc1cc(Cc2ccc(F)cc2Cl)c(=O)[nH]n1. The molecule has 0 fully saturated rings. The Morgan fingerprint density at radius 1 is 1.35 bits per heavy atom. The van der Waals surface area contributed by atoms with Crippen molar-refractivity contribution in [2.75, 3.05) is 0 Å². The van der Waals surface area contributed by atoms with E-state index in [0.717, 1.165) is 5.69 Å². The van der Waals surface area contributed by atoms with Gasteiger partial charge in [0.2, 0.25) is 0 Å². The minimum atomic E-state index is -0.390. The first-order chi connectivity index (χ1) is 8.06. The molecule has 0 aliphatic carbocycles. The van der Waals surface area contributed by atoms with Gasteiger partial charge in [-0.1, -0.05) is 17.7 Å². The predicted molar refractivity (Wildman–Crippen MR) is 63.8 cm³/mol. The van der Waals surface area contributed by atoms with Crippen LogP contribution in [0.4, 0.5) is 4.39 Å². The molecule has 0 radical (unpaired) electrons. The molecule has 0 atom stereocenters. The highest BCUT2D eigenvalue weighted by Crippen LogP contribution is 2.19. The average molecular weight is 253 g/mol. The summed E-state index contributed by atoms with van der Waals surface area (Å²) in [6.45, 7) is 1.78. The van der Waals surface area contributed by atoms with Crippen LogP contribution in [0.5, 0.6) is 0 Å². The van der Waals surface area contributed by atoms with E-state index >= 15 is 0 Å². The lowest BCUT2D eigenvalue weighted by molar-refractivity contribution is 0.627. The molecule has 0 unspecified atom stereocenters. The van der Waals surface area contributed by atoms with Gasteiger partial charge in [0.05, 0.1) is 5.69 Å². The lowest BCUT2D eigenvalue weighted by Gasteiger charge is -2.04.